The second kappa shape index (κ2) is 6.04. The van der Waals surface area contributed by atoms with Crippen LogP contribution in [0.3, 0.4) is 0 Å². The Morgan fingerprint density at radius 2 is 1.86 bits per heavy atom. The van der Waals surface area contributed by atoms with Gasteiger partial charge in [-0.2, -0.15) is 0 Å². The van der Waals surface area contributed by atoms with Gasteiger partial charge in [-0.1, -0.05) is 0 Å². The fourth-order valence-electron chi connectivity index (χ4n) is 1.81. The summed E-state index contributed by atoms with van der Waals surface area (Å²) >= 11 is 0. The number of carbonyl (C=O) groups is 2. The van der Waals surface area contributed by atoms with Gasteiger partial charge in [-0.15, -0.1) is 0 Å². The number of rotatable bonds is 4. The summed E-state index contributed by atoms with van der Waals surface area (Å²) in [5.74, 6) is -0.855. The first kappa shape index (κ1) is 14.5. The van der Waals surface area contributed by atoms with Gasteiger partial charge in [-0.3, -0.25) is 14.4 Å². The van der Waals surface area contributed by atoms with Crippen molar-refractivity contribution < 1.29 is 9.59 Å². The molecule has 0 atom stereocenters. The number of nitrogens with two attached hydrogens (primary N) is 1. The summed E-state index contributed by atoms with van der Waals surface area (Å²) in [4.78, 5) is 34.5. The largest absolute Gasteiger partial charge is 0.366 e. The van der Waals surface area contributed by atoms with E-state index in [9.17, 15) is 14.4 Å². The van der Waals surface area contributed by atoms with Crippen molar-refractivity contribution in [1.29, 1.82) is 0 Å². The predicted molar refractivity (Wildman–Crippen MR) is 79.0 cm³/mol. The number of amides is 2. The second-order valence-corrected chi connectivity index (χ2v) is 4.66. The molecule has 2 rings (SSSR count). The monoisotopic (exact) mass is 285 g/mol. The first-order chi connectivity index (χ1) is 9.95. The van der Waals surface area contributed by atoms with Crippen molar-refractivity contribution in [2.45, 2.75) is 13.5 Å². The molecular weight excluding hydrogens is 270 g/mol. The molecule has 6 heteroatoms. The number of pyridine rings is 1. The Hall–Kier alpha value is -2.89. The quantitative estimate of drug-likeness (QED) is 0.873. The lowest BCUT2D eigenvalue weighted by Gasteiger charge is -2.08. The van der Waals surface area contributed by atoms with Crippen molar-refractivity contribution in [2.75, 3.05) is 5.32 Å². The van der Waals surface area contributed by atoms with Gasteiger partial charge in [0.15, 0.2) is 0 Å². The first-order valence-electron chi connectivity index (χ1n) is 6.32. The summed E-state index contributed by atoms with van der Waals surface area (Å²) in [6.07, 6.45) is 1.58. The van der Waals surface area contributed by atoms with Crippen LogP contribution in [0.5, 0.6) is 0 Å². The number of hydrogen-bond acceptors (Lipinski definition) is 3. The van der Waals surface area contributed by atoms with Crippen LogP contribution in [-0.4, -0.2) is 16.4 Å². The van der Waals surface area contributed by atoms with Crippen molar-refractivity contribution in [2.24, 2.45) is 5.73 Å². The lowest BCUT2D eigenvalue weighted by atomic mass is 10.2. The molecule has 0 radical (unpaired) electrons. The molecule has 0 unspecified atom stereocenters. The van der Waals surface area contributed by atoms with Crippen molar-refractivity contribution in [1.82, 2.24) is 4.57 Å². The first-order valence-corrected chi connectivity index (χ1v) is 6.32. The molecule has 0 aliphatic heterocycles. The van der Waals surface area contributed by atoms with Gasteiger partial charge in [0.2, 0.25) is 11.8 Å². The van der Waals surface area contributed by atoms with E-state index in [1.807, 2.05) is 6.92 Å². The Morgan fingerprint density at radius 3 is 2.43 bits per heavy atom. The Morgan fingerprint density at radius 1 is 1.19 bits per heavy atom. The average molecular weight is 285 g/mol. The molecule has 6 nitrogen and oxygen atoms in total. The van der Waals surface area contributed by atoms with Gasteiger partial charge in [-0.25, -0.2) is 0 Å². The molecule has 1 aromatic carbocycles. The van der Waals surface area contributed by atoms with Crippen LogP contribution < -0.4 is 16.6 Å². The van der Waals surface area contributed by atoms with Gasteiger partial charge in [0.05, 0.1) is 0 Å². The molecule has 1 aromatic heterocycles. The zero-order valence-corrected chi connectivity index (χ0v) is 11.5. The molecule has 0 aliphatic rings. The SMILES string of the molecule is Cc1ccn(CC(=O)Nc2ccc(C(N)=O)cc2)c(=O)c1. The minimum Gasteiger partial charge on any atom is -0.366 e. The highest BCUT2D eigenvalue weighted by molar-refractivity contribution is 5.94. The number of aryl methyl sites for hydroxylation is 1. The minimum atomic E-state index is -0.529. The number of primary amides is 1. The summed E-state index contributed by atoms with van der Waals surface area (Å²) < 4.78 is 1.32. The molecule has 0 aliphatic carbocycles. The number of hydrogen-bond donors (Lipinski definition) is 2. The van der Waals surface area contributed by atoms with E-state index in [1.54, 1.807) is 24.4 Å². The van der Waals surface area contributed by atoms with Crippen LogP contribution in [0.25, 0.3) is 0 Å². The molecule has 2 aromatic rings. The molecule has 0 spiro atoms. The van der Waals surface area contributed by atoms with E-state index in [1.165, 1.54) is 22.8 Å². The molecule has 3 N–H and O–H groups in total. The second-order valence-electron chi connectivity index (χ2n) is 4.66. The number of anilines is 1. The van der Waals surface area contributed by atoms with E-state index in [0.717, 1.165) is 5.56 Å². The molecule has 0 fully saturated rings. The maximum atomic E-state index is 11.9. The number of benzene rings is 1. The molecular formula is C15H15N3O3. The van der Waals surface area contributed by atoms with Gasteiger partial charge in [0.1, 0.15) is 6.54 Å². The normalized spacial score (nSPS) is 10.1. The summed E-state index contributed by atoms with van der Waals surface area (Å²) in [6, 6.07) is 9.43. The summed E-state index contributed by atoms with van der Waals surface area (Å²) in [6.45, 7) is 1.74. The van der Waals surface area contributed by atoms with E-state index >= 15 is 0 Å². The maximum absolute atomic E-state index is 11.9. The summed E-state index contributed by atoms with van der Waals surface area (Å²) in [5, 5.41) is 2.65. The van der Waals surface area contributed by atoms with E-state index in [2.05, 4.69) is 5.32 Å². The van der Waals surface area contributed by atoms with Crippen molar-refractivity contribution in [3.05, 3.63) is 64.1 Å². The van der Waals surface area contributed by atoms with Gasteiger partial charge in [-0.05, 0) is 42.8 Å². The Bertz CT molecular complexity index is 733. The molecule has 2 amide bonds. The highest BCUT2D eigenvalue weighted by Crippen LogP contribution is 2.09. The third-order valence-corrected chi connectivity index (χ3v) is 2.92. The van der Waals surface area contributed by atoms with E-state index in [0.29, 0.717) is 11.3 Å². The predicted octanol–water partition coefficient (Wildman–Crippen LogP) is 0.894. The topological polar surface area (TPSA) is 94.2 Å². The lowest BCUT2D eigenvalue weighted by molar-refractivity contribution is -0.116. The van der Waals surface area contributed by atoms with Crippen LogP contribution in [0, 0.1) is 6.92 Å². The fraction of sp³-hybridized carbons (Fsp3) is 0.133. The average Bonchev–Trinajstić information content (AvgIpc) is 2.42. The van der Waals surface area contributed by atoms with Gasteiger partial charge in [0.25, 0.3) is 5.56 Å². The highest BCUT2D eigenvalue weighted by atomic mass is 16.2. The summed E-state index contributed by atoms with van der Waals surface area (Å²) in [5.41, 5.74) is 6.65. The molecule has 0 bridgehead atoms. The van der Waals surface area contributed by atoms with Crippen molar-refractivity contribution in [3.63, 3.8) is 0 Å². The fourth-order valence-corrected chi connectivity index (χ4v) is 1.81. The number of carbonyl (C=O) groups excluding carboxylic acids is 2. The van der Waals surface area contributed by atoms with E-state index in [-0.39, 0.29) is 18.0 Å². The van der Waals surface area contributed by atoms with Crippen LogP contribution in [0.15, 0.2) is 47.4 Å². The van der Waals surface area contributed by atoms with Crippen LogP contribution in [0.2, 0.25) is 0 Å². The van der Waals surface area contributed by atoms with Gasteiger partial charge < -0.3 is 15.6 Å². The van der Waals surface area contributed by atoms with Gasteiger partial charge in [0, 0.05) is 23.5 Å². The smallest absolute Gasteiger partial charge is 0.251 e. The minimum absolute atomic E-state index is 0.0727. The van der Waals surface area contributed by atoms with Crippen LogP contribution in [-0.2, 0) is 11.3 Å². The van der Waals surface area contributed by atoms with Crippen molar-refractivity contribution >= 4 is 17.5 Å². The Balaban J connectivity index is 2.04. The number of aromatic nitrogens is 1. The zero-order chi connectivity index (χ0) is 15.4. The van der Waals surface area contributed by atoms with Crippen LogP contribution in [0.1, 0.15) is 15.9 Å². The van der Waals surface area contributed by atoms with E-state index < -0.39 is 5.91 Å². The number of nitrogens with one attached hydrogen (secondary N) is 1. The van der Waals surface area contributed by atoms with Crippen LogP contribution >= 0.6 is 0 Å². The third kappa shape index (κ3) is 3.79. The molecule has 21 heavy (non-hydrogen) atoms. The van der Waals surface area contributed by atoms with Crippen LogP contribution in [0.4, 0.5) is 5.69 Å². The molecule has 0 saturated heterocycles. The van der Waals surface area contributed by atoms with Gasteiger partial charge >= 0.3 is 0 Å². The van der Waals surface area contributed by atoms with Crippen molar-refractivity contribution in [3.8, 4) is 0 Å². The summed E-state index contributed by atoms with van der Waals surface area (Å²) in [7, 11) is 0. The van der Waals surface area contributed by atoms with E-state index in [4.69, 9.17) is 5.73 Å². The molecule has 108 valence electrons. The third-order valence-electron chi connectivity index (χ3n) is 2.92. The Kier molecular flexibility index (Phi) is 4.18. The number of nitrogens with zero attached hydrogens (tertiary/aromatic N) is 1. The highest BCUT2D eigenvalue weighted by Gasteiger charge is 2.06. The maximum Gasteiger partial charge on any atom is 0.251 e. The Labute approximate surface area is 121 Å². The molecule has 1 heterocycles. The standard InChI is InChI=1S/C15H15N3O3/c1-10-6-7-18(14(20)8-10)9-13(19)17-12-4-2-11(3-5-12)15(16)21/h2-8H,9H2,1H3,(H2,16,21)(H,17,19). The lowest BCUT2D eigenvalue weighted by Crippen LogP contribution is -2.26. The zero-order valence-electron chi connectivity index (χ0n) is 11.5. The molecule has 0 saturated carbocycles.